The highest BCUT2D eigenvalue weighted by molar-refractivity contribution is 7.99. The molecule has 0 fully saturated rings. The van der Waals surface area contributed by atoms with Crippen LogP contribution in [0.15, 0.2) is 88.7 Å². The van der Waals surface area contributed by atoms with Crippen LogP contribution in [0.2, 0.25) is 5.02 Å². The zero-order valence-electron chi connectivity index (χ0n) is 18.6. The molecule has 0 bridgehead atoms. The number of nitrogens with one attached hydrogen (secondary N) is 2. The van der Waals surface area contributed by atoms with Gasteiger partial charge in [0.05, 0.1) is 12.5 Å². The highest BCUT2D eigenvalue weighted by Crippen LogP contribution is 2.29. The van der Waals surface area contributed by atoms with E-state index in [1.165, 1.54) is 0 Å². The molecule has 0 radical (unpaired) electrons. The summed E-state index contributed by atoms with van der Waals surface area (Å²) in [6.07, 6.45) is -0.153. The molecule has 3 aromatic carbocycles. The third-order valence-electron chi connectivity index (χ3n) is 4.78. The number of carbonyl (C=O) groups excluding carboxylic acids is 3. The second kappa shape index (κ2) is 12.8. The fraction of sp³-hybridized carbons (Fsp3) is 0.192. The summed E-state index contributed by atoms with van der Waals surface area (Å²) in [5.74, 6) is -1.31. The van der Waals surface area contributed by atoms with Gasteiger partial charge in [-0.1, -0.05) is 53.7 Å². The van der Waals surface area contributed by atoms with Gasteiger partial charge in [0.1, 0.15) is 0 Å². The van der Waals surface area contributed by atoms with Crippen molar-refractivity contribution in [1.82, 2.24) is 5.32 Å². The van der Waals surface area contributed by atoms with Crippen LogP contribution in [0.25, 0.3) is 0 Å². The van der Waals surface area contributed by atoms with Crippen molar-refractivity contribution >= 4 is 46.8 Å². The van der Waals surface area contributed by atoms with Crippen LogP contribution >= 0.6 is 23.4 Å². The highest BCUT2D eigenvalue weighted by atomic mass is 35.5. The summed E-state index contributed by atoms with van der Waals surface area (Å²) in [6.45, 7) is 1.46. The average Bonchev–Trinajstić information content (AvgIpc) is 2.84. The van der Waals surface area contributed by atoms with E-state index in [1.807, 2.05) is 73.7 Å². The Bertz CT molecular complexity index is 1110. The van der Waals surface area contributed by atoms with Gasteiger partial charge in [-0.3, -0.25) is 14.4 Å². The highest BCUT2D eigenvalue weighted by Gasteiger charge is 2.13. The topological polar surface area (TPSA) is 84.5 Å². The number of halogens is 1. The predicted octanol–water partition coefficient (Wildman–Crippen LogP) is 5.63. The molecule has 0 aliphatic rings. The van der Waals surface area contributed by atoms with Gasteiger partial charge in [-0.05, 0) is 61.0 Å². The van der Waals surface area contributed by atoms with Crippen molar-refractivity contribution < 1.29 is 19.1 Å². The van der Waals surface area contributed by atoms with Crippen LogP contribution in [-0.2, 0) is 19.1 Å². The number of ether oxygens (including phenoxy) is 1. The Kier molecular flexibility index (Phi) is 9.55. The van der Waals surface area contributed by atoms with Gasteiger partial charge in [-0.15, -0.1) is 0 Å². The summed E-state index contributed by atoms with van der Waals surface area (Å²) in [5.41, 5.74) is 1.59. The van der Waals surface area contributed by atoms with Gasteiger partial charge in [0.25, 0.3) is 5.91 Å². The van der Waals surface area contributed by atoms with E-state index in [0.29, 0.717) is 10.7 Å². The van der Waals surface area contributed by atoms with E-state index in [-0.39, 0.29) is 31.4 Å². The zero-order chi connectivity index (χ0) is 24.3. The molecule has 8 heteroatoms. The maximum atomic E-state index is 12.1. The van der Waals surface area contributed by atoms with E-state index in [2.05, 4.69) is 10.6 Å². The molecular weight excluding hydrogens is 472 g/mol. The summed E-state index contributed by atoms with van der Waals surface area (Å²) in [4.78, 5) is 38.1. The first kappa shape index (κ1) is 25.3. The smallest absolute Gasteiger partial charge is 0.306 e. The van der Waals surface area contributed by atoms with Crippen LogP contribution in [0.4, 0.5) is 5.69 Å². The van der Waals surface area contributed by atoms with Crippen LogP contribution in [-0.4, -0.2) is 24.4 Å². The number of carbonyl (C=O) groups is 3. The molecule has 0 aromatic heterocycles. The number of hydrogen-bond acceptors (Lipinski definition) is 5. The van der Waals surface area contributed by atoms with E-state index < -0.39 is 11.9 Å². The summed E-state index contributed by atoms with van der Waals surface area (Å²) in [7, 11) is 0. The minimum atomic E-state index is -0.604. The van der Waals surface area contributed by atoms with Crippen molar-refractivity contribution in [3.63, 3.8) is 0 Å². The van der Waals surface area contributed by atoms with Gasteiger partial charge in [-0.25, -0.2) is 0 Å². The number of hydrogen-bond donors (Lipinski definition) is 2. The van der Waals surface area contributed by atoms with Crippen molar-refractivity contribution in [1.29, 1.82) is 0 Å². The predicted molar refractivity (Wildman–Crippen MR) is 134 cm³/mol. The molecule has 6 nitrogen and oxygen atoms in total. The van der Waals surface area contributed by atoms with Gasteiger partial charge >= 0.3 is 5.97 Å². The van der Waals surface area contributed by atoms with Gasteiger partial charge < -0.3 is 15.4 Å². The molecule has 34 heavy (non-hydrogen) atoms. The summed E-state index contributed by atoms with van der Waals surface area (Å²) in [6, 6.07) is 24.2. The van der Waals surface area contributed by atoms with E-state index in [1.54, 1.807) is 23.9 Å². The minimum absolute atomic E-state index is 0.0395. The third kappa shape index (κ3) is 8.57. The Morgan fingerprint density at radius 3 is 2.12 bits per heavy atom. The second-order valence-corrected chi connectivity index (χ2v) is 9.07. The SMILES string of the molecule is C[C@@H](NC(=O)COC(=O)CCC(=O)Nc1ccc(Sc2ccc(Cl)cc2)cc1)c1ccccc1. The van der Waals surface area contributed by atoms with E-state index in [0.717, 1.165) is 15.4 Å². The molecule has 0 spiro atoms. The molecule has 1 atom stereocenters. The maximum Gasteiger partial charge on any atom is 0.306 e. The number of anilines is 1. The van der Waals surface area contributed by atoms with Crippen molar-refractivity contribution in [2.75, 3.05) is 11.9 Å². The minimum Gasteiger partial charge on any atom is -0.456 e. The molecule has 2 amide bonds. The maximum absolute atomic E-state index is 12.1. The second-order valence-electron chi connectivity index (χ2n) is 7.49. The molecule has 0 aliphatic carbocycles. The molecule has 3 rings (SSSR count). The zero-order valence-corrected chi connectivity index (χ0v) is 20.2. The Morgan fingerprint density at radius 2 is 1.47 bits per heavy atom. The molecule has 0 heterocycles. The number of esters is 1. The first-order valence-electron chi connectivity index (χ1n) is 10.7. The summed E-state index contributed by atoms with van der Waals surface area (Å²) >= 11 is 7.49. The van der Waals surface area contributed by atoms with Crippen LogP contribution in [0, 0.1) is 0 Å². The summed E-state index contributed by atoms with van der Waals surface area (Å²) < 4.78 is 4.98. The lowest BCUT2D eigenvalue weighted by Crippen LogP contribution is -2.31. The first-order chi connectivity index (χ1) is 16.4. The molecule has 0 unspecified atom stereocenters. The quantitative estimate of drug-likeness (QED) is 0.355. The molecule has 3 aromatic rings. The van der Waals surface area contributed by atoms with E-state index >= 15 is 0 Å². The van der Waals surface area contributed by atoms with Crippen LogP contribution in [0.5, 0.6) is 0 Å². The fourth-order valence-electron chi connectivity index (χ4n) is 3.01. The first-order valence-corrected chi connectivity index (χ1v) is 11.9. The van der Waals surface area contributed by atoms with E-state index in [9.17, 15) is 14.4 Å². The molecule has 2 N–H and O–H groups in total. The monoisotopic (exact) mass is 496 g/mol. The normalized spacial score (nSPS) is 11.4. The standard InChI is InChI=1S/C26H25ClN2O4S/c1-18(19-5-3-2-4-6-19)28-25(31)17-33-26(32)16-15-24(30)29-21-9-13-23(14-10-21)34-22-11-7-20(27)8-12-22/h2-14,18H,15-17H2,1H3,(H,28,31)(H,29,30)/t18-/m1/s1. The average molecular weight is 497 g/mol. The van der Waals surface area contributed by atoms with Crippen LogP contribution < -0.4 is 10.6 Å². The number of amides is 2. The van der Waals surface area contributed by atoms with Gasteiger partial charge in [-0.2, -0.15) is 0 Å². The molecule has 0 saturated carbocycles. The molecule has 176 valence electrons. The lowest BCUT2D eigenvalue weighted by atomic mass is 10.1. The Hall–Kier alpha value is -3.29. The van der Waals surface area contributed by atoms with Crippen molar-refractivity contribution in [2.45, 2.75) is 35.6 Å². The van der Waals surface area contributed by atoms with Gasteiger partial charge in [0, 0.05) is 26.9 Å². The van der Waals surface area contributed by atoms with Gasteiger partial charge in [0.15, 0.2) is 6.61 Å². The fourth-order valence-corrected chi connectivity index (χ4v) is 3.95. The molecule has 0 aliphatic heterocycles. The third-order valence-corrected chi connectivity index (χ3v) is 6.05. The largest absolute Gasteiger partial charge is 0.456 e. The van der Waals surface area contributed by atoms with E-state index in [4.69, 9.17) is 16.3 Å². The Balaban J connectivity index is 1.35. The van der Waals surface area contributed by atoms with Crippen LogP contribution in [0.1, 0.15) is 31.4 Å². The lowest BCUT2D eigenvalue weighted by Gasteiger charge is -2.14. The van der Waals surface area contributed by atoms with Gasteiger partial charge in [0.2, 0.25) is 5.91 Å². The van der Waals surface area contributed by atoms with Crippen molar-refractivity contribution in [3.05, 3.63) is 89.4 Å². The Labute approximate surface area is 208 Å². The molecular formula is C26H25ClN2O4S. The van der Waals surface area contributed by atoms with Crippen molar-refractivity contribution in [3.8, 4) is 0 Å². The molecule has 0 saturated heterocycles. The van der Waals surface area contributed by atoms with Crippen LogP contribution in [0.3, 0.4) is 0 Å². The lowest BCUT2D eigenvalue weighted by molar-refractivity contribution is -0.149. The number of benzene rings is 3. The summed E-state index contributed by atoms with van der Waals surface area (Å²) in [5, 5.41) is 6.21. The Morgan fingerprint density at radius 1 is 0.853 bits per heavy atom. The number of rotatable bonds is 10. The van der Waals surface area contributed by atoms with Crippen molar-refractivity contribution in [2.24, 2.45) is 0 Å².